The van der Waals surface area contributed by atoms with Crippen LogP contribution in [0.25, 0.3) is 22.2 Å². The van der Waals surface area contributed by atoms with Gasteiger partial charge in [0.2, 0.25) is 0 Å². The van der Waals surface area contributed by atoms with E-state index in [0.717, 1.165) is 22.8 Å². The Morgan fingerprint density at radius 3 is 2.50 bits per heavy atom. The lowest BCUT2D eigenvalue weighted by molar-refractivity contribution is 0.112. The standard InChI is InChI=1S/C19H18FNO/c1-19(2,3)13-7-8-17-15(10-13)16(11-22)18(21-17)12-5-4-6-14(20)9-12/h4-11,21H,1-3H3. The molecule has 3 heteroatoms. The Bertz CT molecular complexity index is 855. The number of H-pyrrole nitrogens is 1. The van der Waals surface area contributed by atoms with Gasteiger partial charge in [0.15, 0.2) is 6.29 Å². The van der Waals surface area contributed by atoms with Crippen molar-refractivity contribution in [1.29, 1.82) is 0 Å². The fourth-order valence-electron chi connectivity index (χ4n) is 2.67. The lowest BCUT2D eigenvalue weighted by Crippen LogP contribution is -2.10. The summed E-state index contributed by atoms with van der Waals surface area (Å²) in [5.41, 5.74) is 3.96. The smallest absolute Gasteiger partial charge is 0.152 e. The largest absolute Gasteiger partial charge is 0.354 e. The van der Waals surface area contributed by atoms with Crippen molar-refractivity contribution in [3.8, 4) is 11.3 Å². The van der Waals surface area contributed by atoms with E-state index in [0.29, 0.717) is 16.8 Å². The monoisotopic (exact) mass is 295 g/mol. The summed E-state index contributed by atoms with van der Waals surface area (Å²) in [5, 5.41) is 0.877. The third-order valence-electron chi connectivity index (χ3n) is 3.94. The Labute approximate surface area is 129 Å². The van der Waals surface area contributed by atoms with Crippen molar-refractivity contribution in [3.63, 3.8) is 0 Å². The topological polar surface area (TPSA) is 32.9 Å². The highest BCUT2D eigenvalue weighted by Gasteiger charge is 2.18. The van der Waals surface area contributed by atoms with Gasteiger partial charge in [-0.25, -0.2) is 4.39 Å². The summed E-state index contributed by atoms with van der Waals surface area (Å²) in [6.07, 6.45) is 0.839. The molecule has 0 atom stereocenters. The van der Waals surface area contributed by atoms with Gasteiger partial charge in [0.25, 0.3) is 0 Å². The molecule has 0 aliphatic heterocycles. The van der Waals surface area contributed by atoms with Crippen LogP contribution >= 0.6 is 0 Å². The van der Waals surface area contributed by atoms with E-state index in [1.54, 1.807) is 12.1 Å². The number of nitrogens with one attached hydrogen (secondary N) is 1. The summed E-state index contributed by atoms with van der Waals surface area (Å²) in [7, 11) is 0. The minimum absolute atomic E-state index is 0.00460. The zero-order chi connectivity index (χ0) is 15.9. The highest BCUT2D eigenvalue weighted by atomic mass is 19.1. The predicted octanol–water partition coefficient (Wildman–Crippen LogP) is 5.08. The van der Waals surface area contributed by atoms with Crippen LogP contribution in [0.2, 0.25) is 0 Å². The fourth-order valence-corrected chi connectivity index (χ4v) is 2.67. The lowest BCUT2D eigenvalue weighted by atomic mass is 9.86. The van der Waals surface area contributed by atoms with Crippen molar-refractivity contribution in [2.24, 2.45) is 0 Å². The molecule has 0 bridgehead atoms. The van der Waals surface area contributed by atoms with Crippen molar-refractivity contribution in [3.05, 3.63) is 59.4 Å². The second-order valence-corrected chi connectivity index (χ2v) is 6.55. The van der Waals surface area contributed by atoms with Gasteiger partial charge in [-0.15, -0.1) is 0 Å². The molecule has 3 aromatic rings. The number of aldehydes is 1. The number of rotatable bonds is 2. The summed E-state index contributed by atoms with van der Waals surface area (Å²) in [5.74, 6) is -0.316. The number of hydrogen-bond donors (Lipinski definition) is 1. The SMILES string of the molecule is CC(C)(C)c1ccc2[nH]c(-c3cccc(F)c3)c(C=O)c2c1. The minimum Gasteiger partial charge on any atom is -0.354 e. The molecule has 22 heavy (non-hydrogen) atoms. The molecule has 0 unspecified atom stereocenters. The van der Waals surface area contributed by atoms with Crippen LogP contribution in [-0.4, -0.2) is 11.3 Å². The number of hydrogen-bond acceptors (Lipinski definition) is 1. The summed E-state index contributed by atoms with van der Waals surface area (Å²) in [6, 6.07) is 12.3. The molecule has 3 rings (SSSR count). The first-order valence-corrected chi connectivity index (χ1v) is 7.27. The van der Waals surface area contributed by atoms with Gasteiger partial charge in [0, 0.05) is 22.0 Å². The second-order valence-electron chi connectivity index (χ2n) is 6.55. The first-order chi connectivity index (χ1) is 10.4. The van der Waals surface area contributed by atoms with Gasteiger partial charge in [0.05, 0.1) is 5.69 Å². The first kappa shape index (κ1) is 14.5. The van der Waals surface area contributed by atoms with E-state index in [9.17, 15) is 9.18 Å². The summed E-state index contributed by atoms with van der Waals surface area (Å²) in [4.78, 5) is 14.8. The Morgan fingerprint density at radius 1 is 1.09 bits per heavy atom. The highest BCUT2D eigenvalue weighted by Crippen LogP contribution is 2.32. The van der Waals surface area contributed by atoms with Gasteiger partial charge >= 0.3 is 0 Å². The molecule has 1 aromatic heterocycles. The molecule has 1 heterocycles. The molecule has 1 N–H and O–H groups in total. The van der Waals surface area contributed by atoms with Crippen LogP contribution < -0.4 is 0 Å². The second kappa shape index (κ2) is 5.09. The maximum absolute atomic E-state index is 13.5. The lowest BCUT2D eigenvalue weighted by Gasteiger charge is -2.18. The molecule has 0 fully saturated rings. The fraction of sp³-hybridized carbons (Fsp3) is 0.211. The van der Waals surface area contributed by atoms with E-state index in [-0.39, 0.29) is 11.2 Å². The quantitative estimate of drug-likeness (QED) is 0.657. The Hall–Kier alpha value is -2.42. The maximum Gasteiger partial charge on any atom is 0.152 e. The number of fused-ring (bicyclic) bond motifs is 1. The number of benzene rings is 2. The van der Waals surface area contributed by atoms with E-state index in [4.69, 9.17) is 0 Å². The van der Waals surface area contributed by atoms with Crippen LogP contribution in [0.3, 0.4) is 0 Å². The van der Waals surface area contributed by atoms with Gasteiger partial charge in [-0.05, 0) is 35.2 Å². The van der Waals surface area contributed by atoms with Crippen molar-refractivity contribution in [2.45, 2.75) is 26.2 Å². The zero-order valence-corrected chi connectivity index (χ0v) is 12.9. The third kappa shape index (κ3) is 2.43. The van der Waals surface area contributed by atoms with E-state index >= 15 is 0 Å². The normalized spacial score (nSPS) is 11.8. The summed E-state index contributed by atoms with van der Waals surface area (Å²) in [6.45, 7) is 6.40. The van der Waals surface area contributed by atoms with Crippen LogP contribution in [-0.2, 0) is 5.41 Å². The number of carbonyl (C=O) groups is 1. The van der Waals surface area contributed by atoms with Crippen LogP contribution in [0.4, 0.5) is 4.39 Å². The maximum atomic E-state index is 13.5. The van der Waals surface area contributed by atoms with Crippen molar-refractivity contribution >= 4 is 17.2 Å². The van der Waals surface area contributed by atoms with Gasteiger partial charge in [-0.2, -0.15) is 0 Å². The highest BCUT2D eigenvalue weighted by molar-refractivity contribution is 6.04. The Kier molecular flexibility index (Phi) is 3.36. The molecule has 0 aliphatic carbocycles. The van der Waals surface area contributed by atoms with Crippen LogP contribution in [0.1, 0.15) is 36.7 Å². The van der Waals surface area contributed by atoms with Crippen LogP contribution in [0.5, 0.6) is 0 Å². The van der Waals surface area contributed by atoms with Gasteiger partial charge in [-0.3, -0.25) is 4.79 Å². The number of halogens is 1. The zero-order valence-electron chi connectivity index (χ0n) is 12.9. The molecule has 0 saturated carbocycles. The molecule has 112 valence electrons. The molecule has 0 amide bonds. The average Bonchev–Trinajstić information content (AvgIpc) is 2.83. The van der Waals surface area contributed by atoms with Crippen molar-refractivity contribution in [2.75, 3.05) is 0 Å². The van der Waals surface area contributed by atoms with Crippen LogP contribution in [0, 0.1) is 5.82 Å². The molecule has 2 aromatic carbocycles. The molecular weight excluding hydrogens is 277 g/mol. The van der Waals surface area contributed by atoms with Gasteiger partial charge in [0.1, 0.15) is 5.82 Å². The number of aromatic amines is 1. The number of carbonyl (C=O) groups excluding carboxylic acids is 1. The van der Waals surface area contributed by atoms with E-state index < -0.39 is 0 Å². The summed E-state index contributed by atoms with van der Waals surface area (Å²) >= 11 is 0. The molecule has 0 spiro atoms. The van der Waals surface area contributed by atoms with Gasteiger partial charge in [-0.1, -0.05) is 39.0 Å². The van der Waals surface area contributed by atoms with Crippen molar-refractivity contribution in [1.82, 2.24) is 4.98 Å². The Balaban J connectivity index is 2.27. The average molecular weight is 295 g/mol. The van der Waals surface area contributed by atoms with Gasteiger partial charge < -0.3 is 4.98 Å². The molecule has 0 aliphatic rings. The third-order valence-corrected chi connectivity index (χ3v) is 3.94. The molecule has 0 radical (unpaired) electrons. The van der Waals surface area contributed by atoms with Crippen LogP contribution in [0.15, 0.2) is 42.5 Å². The predicted molar refractivity (Wildman–Crippen MR) is 87.8 cm³/mol. The number of aromatic nitrogens is 1. The molecule has 2 nitrogen and oxygen atoms in total. The first-order valence-electron chi connectivity index (χ1n) is 7.27. The van der Waals surface area contributed by atoms with E-state index in [2.05, 4.69) is 31.8 Å². The van der Waals surface area contributed by atoms with E-state index in [1.165, 1.54) is 12.1 Å². The van der Waals surface area contributed by atoms with Crippen molar-refractivity contribution < 1.29 is 9.18 Å². The molecule has 0 saturated heterocycles. The summed E-state index contributed by atoms with van der Waals surface area (Å²) < 4.78 is 13.5. The Morgan fingerprint density at radius 2 is 1.86 bits per heavy atom. The van der Waals surface area contributed by atoms with E-state index in [1.807, 2.05) is 12.1 Å². The molecular formula is C19H18FNO. The minimum atomic E-state index is -0.316.